The molecule has 2 aliphatic rings. The number of amides is 2. The molecule has 4 rings (SSSR count). The summed E-state index contributed by atoms with van der Waals surface area (Å²) in [6.07, 6.45) is 2.47. The summed E-state index contributed by atoms with van der Waals surface area (Å²) in [5, 5.41) is 11.0. The van der Waals surface area contributed by atoms with Gasteiger partial charge < -0.3 is 19.5 Å². The molecule has 2 heterocycles. The van der Waals surface area contributed by atoms with Gasteiger partial charge >= 0.3 is 6.03 Å². The van der Waals surface area contributed by atoms with E-state index in [1.807, 2.05) is 11.6 Å². The van der Waals surface area contributed by atoms with Gasteiger partial charge in [0.05, 0.1) is 13.2 Å². The highest BCUT2D eigenvalue weighted by molar-refractivity contribution is 5.74. The van der Waals surface area contributed by atoms with Crippen LogP contribution in [-0.2, 0) is 18.2 Å². The number of fused-ring (bicyclic) bond motifs is 1. The van der Waals surface area contributed by atoms with Crippen LogP contribution in [0.2, 0.25) is 0 Å². The second-order valence-electron chi connectivity index (χ2n) is 6.39. The average molecular weight is 327 g/mol. The number of nitrogens with zero attached hydrogens (tertiary/aromatic N) is 4. The maximum Gasteiger partial charge on any atom is 0.317 e. The van der Waals surface area contributed by atoms with Gasteiger partial charge in [0, 0.05) is 26.1 Å². The molecule has 2 aromatic rings. The minimum atomic E-state index is -0.221. The molecule has 1 aliphatic heterocycles. The Labute approximate surface area is 140 Å². The lowest BCUT2D eigenvalue weighted by atomic mass is 9.78. The SMILES string of the molecule is Cn1cnnc1[C@@H]1CN(C(=O)NC[C@H]2Cc3ccccc32)CCO1. The van der Waals surface area contributed by atoms with Gasteiger partial charge in [0.15, 0.2) is 5.82 Å². The van der Waals surface area contributed by atoms with Gasteiger partial charge in [-0.25, -0.2) is 4.79 Å². The summed E-state index contributed by atoms with van der Waals surface area (Å²) in [4.78, 5) is 14.3. The Morgan fingerprint density at radius 3 is 3.08 bits per heavy atom. The highest BCUT2D eigenvalue weighted by Crippen LogP contribution is 2.34. The van der Waals surface area contributed by atoms with Crippen molar-refractivity contribution in [1.82, 2.24) is 25.0 Å². The normalized spacial score (nSPS) is 22.6. The first-order valence-corrected chi connectivity index (χ1v) is 8.28. The third-order valence-corrected chi connectivity index (χ3v) is 4.85. The number of carbonyl (C=O) groups excluding carboxylic acids is 1. The standard InChI is InChI=1S/C17H21N5O2/c1-21-11-19-20-16(21)15-10-22(6-7-24-15)17(23)18-9-13-8-12-4-2-3-5-14(12)13/h2-5,11,13,15H,6-10H2,1H3,(H,18,23)/t13-,15+/m1/s1. The molecule has 7 heteroatoms. The molecule has 2 amide bonds. The largest absolute Gasteiger partial charge is 0.366 e. The molecule has 24 heavy (non-hydrogen) atoms. The van der Waals surface area contributed by atoms with Crippen molar-refractivity contribution in [2.75, 3.05) is 26.2 Å². The van der Waals surface area contributed by atoms with Crippen LogP contribution in [0.15, 0.2) is 30.6 Å². The zero-order chi connectivity index (χ0) is 16.5. The molecule has 126 valence electrons. The fourth-order valence-corrected chi connectivity index (χ4v) is 3.44. The van der Waals surface area contributed by atoms with E-state index in [0.29, 0.717) is 32.2 Å². The molecule has 0 saturated carbocycles. The lowest BCUT2D eigenvalue weighted by Gasteiger charge is -2.34. The average Bonchev–Trinajstić information content (AvgIpc) is 3.02. The number of hydrogen-bond donors (Lipinski definition) is 1. The van der Waals surface area contributed by atoms with Gasteiger partial charge in [-0.1, -0.05) is 24.3 Å². The van der Waals surface area contributed by atoms with Crippen molar-refractivity contribution < 1.29 is 9.53 Å². The zero-order valence-electron chi connectivity index (χ0n) is 13.7. The smallest absolute Gasteiger partial charge is 0.317 e. The molecule has 1 aromatic carbocycles. The first-order chi connectivity index (χ1) is 11.7. The minimum Gasteiger partial charge on any atom is -0.366 e. The molecule has 0 spiro atoms. The molecule has 1 fully saturated rings. The molecule has 1 aliphatic carbocycles. The van der Waals surface area contributed by atoms with Crippen LogP contribution in [0.1, 0.15) is 29.0 Å². The number of aryl methyl sites for hydroxylation is 1. The highest BCUT2D eigenvalue weighted by atomic mass is 16.5. The lowest BCUT2D eigenvalue weighted by Crippen LogP contribution is -2.48. The summed E-state index contributed by atoms with van der Waals surface area (Å²) in [7, 11) is 1.88. The van der Waals surface area contributed by atoms with E-state index < -0.39 is 0 Å². The van der Waals surface area contributed by atoms with Gasteiger partial charge in [-0.2, -0.15) is 0 Å². The quantitative estimate of drug-likeness (QED) is 0.920. The van der Waals surface area contributed by atoms with Crippen LogP contribution in [0.4, 0.5) is 4.79 Å². The number of morpholine rings is 1. The van der Waals surface area contributed by atoms with Gasteiger partial charge in [0.2, 0.25) is 0 Å². The van der Waals surface area contributed by atoms with Crippen LogP contribution in [-0.4, -0.2) is 51.9 Å². The van der Waals surface area contributed by atoms with Crippen molar-refractivity contribution in [3.8, 4) is 0 Å². The van der Waals surface area contributed by atoms with Crippen LogP contribution < -0.4 is 5.32 Å². The summed E-state index contributed by atoms with van der Waals surface area (Å²) in [6.45, 7) is 2.29. The Kier molecular flexibility index (Phi) is 3.93. The predicted molar refractivity (Wildman–Crippen MR) is 87.6 cm³/mol. The van der Waals surface area contributed by atoms with Crippen molar-refractivity contribution in [1.29, 1.82) is 0 Å². The Bertz CT molecular complexity index is 744. The number of hydrogen-bond acceptors (Lipinski definition) is 4. The first-order valence-electron chi connectivity index (χ1n) is 8.28. The molecule has 1 aromatic heterocycles. The number of carbonyl (C=O) groups is 1. The number of rotatable bonds is 3. The molecule has 7 nitrogen and oxygen atoms in total. The van der Waals surface area contributed by atoms with Crippen LogP contribution in [0.5, 0.6) is 0 Å². The van der Waals surface area contributed by atoms with E-state index in [9.17, 15) is 4.79 Å². The maximum atomic E-state index is 12.5. The summed E-state index contributed by atoms with van der Waals surface area (Å²) in [5.41, 5.74) is 2.75. The van der Waals surface area contributed by atoms with Gasteiger partial charge in [0.1, 0.15) is 12.4 Å². The molecule has 1 N–H and O–H groups in total. The van der Waals surface area contributed by atoms with E-state index in [1.165, 1.54) is 11.1 Å². The molecule has 1 saturated heterocycles. The van der Waals surface area contributed by atoms with E-state index in [0.717, 1.165) is 12.2 Å². The van der Waals surface area contributed by atoms with Gasteiger partial charge in [-0.05, 0) is 17.5 Å². The minimum absolute atomic E-state index is 0.0325. The van der Waals surface area contributed by atoms with E-state index in [1.54, 1.807) is 11.2 Å². The fraction of sp³-hybridized carbons (Fsp3) is 0.471. The Morgan fingerprint density at radius 1 is 1.42 bits per heavy atom. The predicted octanol–water partition coefficient (Wildman–Crippen LogP) is 1.24. The summed E-state index contributed by atoms with van der Waals surface area (Å²) < 4.78 is 7.57. The third kappa shape index (κ3) is 2.75. The first kappa shape index (κ1) is 15.1. The van der Waals surface area contributed by atoms with E-state index in [4.69, 9.17) is 4.74 Å². The number of urea groups is 1. The van der Waals surface area contributed by atoms with E-state index in [-0.39, 0.29) is 12.1 Å². The summed E-state index contributed by atoms with van der Waals surface area (Å²) in [5.74, 6) is 1.18. The van der Waals surface area contributed by atoms with Crippen molar-refractivity contribution in [2.24, 2.45) is 7.05 Å². The van der Waals surface area contributed by atoms with Crippen molar-refractivity contribution in [3.05, 3.63) is 47.5 Å². The van der Waals surface area contributed by atoms with Gasteiger partial charge in [-0.15, -0.1) is 10.2 Å². The van der Waals surface area contributed by atoms with Crippen LogP contribution >= 0.6 is 0 Å². The molecule has 0 radical (unpaired) electrons. The molecular formula is C17H21N5O2. The van der Waals surface area contributed by atoms with Crippen LogP contribution in [0.25, 0.3) is 0 Å². The van der Waals surface area contributed by atoms with Gasteiger partial charge in [-0.3, -0.25) is 0 Å². The number of aromatic nitrogens is 3. The number of nitrogens with one attached hydrogen (secondary N) is 1. The van der Waals surface area contributed by atoms with Crippen molar-refractivity contribution in [2.45, 2.75) is 18.4 Å². The Balaban J connectivity index is 1.33. The topological polar surface area (TPSA) is 72.3 Å². The number of benzene rings is 1. The molecule has 0 bridgehead atoms. The highest BCUT2D eigenvalue weighted by Gasteiger charge is 2.30. The Hall–Kier alpha value is -2.41. The van der Waals surface area contributed by atoms with Crippen molar-refractivity contribution in [3.63, 3.8) is 0 Å². The third-order valence-electron chi connectivity index (χ3n) is 4.85. The maximum absolute atomic E-state index is 12.5. The van der Waals surface area contributed by atoms with Gasteiger partial charge in [0.25, 0.3) is 0 Å². The number of ether oxygens (including phenoxy) is 1. The fourth-order valence-electron chi connectivity index (χ4n) is 3.44. The summed E-state index contributed by atoms with van der Waals surface area (Å²) in [6, 6.07) is 8.39. The van der Waals surface area contributed by atoms with Crippen LogP contribution in [0.3, 0.4) is 0 Å². The lowest BCUT2D eigenvalue weighted by molar-refractivity contribution is -0.0214. The zero-order valence-corrected chi connectivity index (χ0v) is 13.7. The molecular weight excluding hydrogens is 306 g/mol. The second kappa shape index (κ2) is 6.24. The van der Waals surface area contributed by atoms with E-state index in [2.05, 4.69) is 39.8 Å². The second-order valence-corrected chi connectivity index (χ2v) is 6.39. The van der Waals surface area contributed by atoms with E-state index >= 15 is 0 Å². The molecule has 2 atom stereocenters. The Morgan fingerprint density at radius 2 is 2.29 bits per heavy atom. The monoisotopic (exact) mass is 327 g/mol. The summed E-state index contributed by atoms with van der Waals surface area (Å²) >= 11 is 0. The molecule has 0 unspecified atom stereocenters. The van der Waals surface area contributed by atoms with Crippen LogP contribution in [0, 0.1) is 0 Å². The van der Waals surface area contributed by atoms with Crippen molar-refractivity contribution >= 4 is 6.03 Å².